The van der Waals surface area contributed by atoms with Gasteiger partial charge in [-0.25, -0.2) is 4.98 Å². The third-order valence-electron chi connectivity index (χ3n) is 10.4. The molecule has 0 saturated heterocycles. The van der Waals surface area contributed by atoms with E-state index in [4.69, 9.17) is 15.0 Å². The summed E-state index contributed by atoms with van der Waals surface area (Å²) in [6.07, 6.45) is 5.31. The standard InChI is InChI=1S/C47H35N5Si/c1-33-16-14-27-41-42-30-34(32-48)28-29-43(42)52(44(33)41)47-50-45(35-17-6-2-7-18-35)49-46(51-47)36-19-15-26-40(31-36)53(37-20-8-3-9-21-37,38-22-10-4-11-23-38)39-24-12-5-13-25-39/h2-15,17-31,33H,16H2,1H3. The molecule has 0 N–H and O–H groups in total. The lowest BCUT2D eigenvalue weighted by Gasteiger charge is -2.34. The Kier molecular flexibility index (Phi) is 8.19. The Morgan fingerprint density at radius 3 is 1.75 bits per heavy atom. The van der Waals surface area contributed by atoms with Crippen molar-refractivity contribution in [2.45, 2.75) is 19.3 Å². The fourth-order valence-corrected chi connectivity index (χ4v) is 12.8. The van der Waals surface area contributed by atoms with Crippen LogP contribution in [0, 0.1) is 11.3 Å². The first-order chi connectivity index (χ1) is 26.1. The maximum Gasteiger partial charge on any atom is 0.238 e. The normalized spacial score (nSPS) is 13.8. The number of aromatic nitrogens is 4. The van der Waals surface area contributed by atoms with Crippen molar-refractivity contribution in [1.82, 2.24) is 19.5 Å². The minimum absolute atomic E-state index is 0.228. The summed E-state index contributed by atoms with van der Waals surface area (Å²) in [5.74, 6) is 2.01. The third kappa shape index (κ3) is 5.50. The summed E-state index contributed by atoms with van der Waals surface area (Å²) in [6.45, 7) is 2.24. The maximum atomic E-state index is 9.79. The summed E-state index contributed by atoms with van der Waals surface area (Å²) in [4.78, 5) is 15.7. The molecule has 1 atom stereocenters. The molecule has 1 unspecified atom stereocenters. The molecule has 2 heterocycles. The van der Waals surface area contributed by atoms with Gasteiger partial charge in [-0.15, -0.1) is 0 Å². The molecule has 9 rings (SSSR count). The topological polar surface area (TPSA) is 67.4 Å². The summed E-state index contributed by atoms with van der Waals surface area (Å²) in [5, 5.41) is 16.0. The number of hydrogen-bond donors (Lipinski definition) is 0. The van der Waals surface area contributed by atoms with Crippen LogP contribution in [-0.4, -0.2) is 27.6 Å². The second-order valence-corrected chi connectivity index (χ2v) is 17.4. The van der Waals surface area contributed by atoms with E-state index in [0.717, 1.165) is 39.7 Å². The molecule has 0 bridgehead atoms. The molecule has 0 fully saturated rings. The van der Waals surface area contributed by atoms with Gasteiger partial charge in [-0.1, -0.05) is 165 Å². The van der Waals surface area contributed by atoms with Crippen molar-refractivity contribution in [3.8, 4) is 34.8 Å². The van der Waals surface area contributed by atoms with Crippen LogP contribution in [0.5, 0.6) is 0 Å². The molecule has 0 amide bonds. The minimum atomic E-state index is -2.79. The molecule has 5 nitrogen and oxygen atoms in total. The molecule has 0 radical (unpaired) electrons. The highest BCUT2D eigenvalue weighted by molar-refractivity contribution is 7.19. The van der Waals surface area contributed by atoms with Crippen LogP contribution in [-0.2, 0) is 0 Å². The summed E-state index contributed by atoms with van der Waals surface area (Å²) in [7, 11) is -2.79. The van der Waals surface area contributed by atoms with E-state index >= 15 is 0 Å². The zero-order valence-corrected chi connectivity index (χ0v) is 30.3. The van der Waals surface area contributed by atoms with E-state index in [-0.39, 0.29) is 5.92 Å². The van der Waals surface area contributed by atoms with Gasteiger partial charge in [0.05, 0.1) is 17.1 Å². The van der Waals surface area contributed by atoms with Crippen LogP contribution in [0.4, 0.5) is 0 Å². The minimum Gasteiger partial charge on any atom is -0.281 e. The van der Waals surface area contributed by atoms with Gasteiger partial charge in [-0.2, -0.15) is 15.2 Å². The number of nitriles is 1. The van der Waals surface area contributed by atoms with Gasteiger partial charge in [0.15, 0.2) is 19.7 Å². The van der Waals surface area contributed by atoms with Gasteiger partial charge in [0.2, 0.25) is 5.95 Å². The molecular weight excluding hydrogens is 663 g/mol. The molecule has 252 valence electrons. The molecule has 0 aliphatic heterocycles. The number of benzene rings is 6. The Hall–Kier alpha value is -6.68. The van der Waals surface area contributed by atoms with Crippen LogP contribution in [0.2, 0.25) is 0 Å². The van der Waals surface area contributed by atoms with E-state index < -0.39 is 8.07 Å². The van der Waals surface area contributed by atoms with Crippen LogP contribution in [0.1, 0.15) is 36.1 Å². The monoisotopic (exact) mass is 697 g/mol. The van der Waals surface area contributed by atoms with Gasteiger partial charge in [-0.3, -0.25) is 4.57 Å². The Labute approximate surface area is 310 Å². The first-order valence-electron chi connectivity index (χ1n) is 18.0. The van der Waals surface area contributed by atoms with E-state index in [0.29, 0.717) is 23.2 Å². The van der Waals surface area contributed by atoms with Crippen LogP contribution in [0.25, 0.3) is 45.7 Å². The molecular formula is C47H35N5Si. The fourth-order valence-electron chi connectivity index (χ4n) is 8.05. The number of nitrogens with zero attached hydrogens (tertiary/aromatic N) is 5. The van der Waals surface area contributed by atoms with E-state index in [1.54, 1.807) is 0 Å². The molecule has 2 aromatic heterocycles. The summed E-state index contributed by atoms with van der Waals surface area (Å²) in [5.41, 5.74) is 5.70. The molecule has 6 heteroatoms. The van der Waals surface area contributed by atoms with E-state index in [1.807, 2.05) is 48.5 Å². The lowest BCUT2D eigenvalue weighted by Crippen LogP contribution is -2.74. The van der Waals surface area contributed by atoms with Crippen molar-refractivity contribution in [3.05, 3.63) is 187 Å². The van der Waals surface area contributed by atoms with Gasteiger partial charge < -0.3 is 0 Å². The van der Waals surface area contributed by atoms with Crippen LogP contribution in [0.3, 0.4) is 0 Å². The molecule has 0 spiro atoms. The Morgan fingerprint density at radius 1 is 0.604 bits per heavy atom. The molecule has 0 saturated carbocycles. The Balaban J connectivity index is 1.32. The second-order valence-electron chi connectivity index (χ2n) is 13.6. The van der Waals surface area contributed by atoms with E-state index in [1.165, 1.54) is 20.7 Å². The van der Waals surface area contributed by atoms with Crippen molar-refractivity contribution in [1.29, 1.82) is 5.26 Å². The average molecular weight is 698 g/mol. The quantitative estimate of drug-likeness (QED) is 0.125. The molecule has 1 aliphatic rings. The van der Waals surface area contributed by atoms with Gasteiger partial charge in [0.1, 0.15) is 0 Å². The summed E-state index contributed by atoms with van der Waals surface area (Å²) < 4.78 is 2.19. The SMILES string of the molecule is CC1CC=Cc2c1n(-c1nc(-c3ccccc3)nc(-c3cccc([Si](c4ccccc4)(c4ccccc4)c4ccccc4)c3)n1)c1ccc(C#N)cc21. The van der Waals surface area contributed by atoms with E-state index in [2.05, 4.69) is 145 Å². The number of fused-ring (bicyclic) bond motifs is 3. The average Bonchev–Trinajstić information content (AvgIpc) is 3.57. The van der Waals surface area contributed by atoms with Crippen molar-refractivity contribution in [2.24, 2.45) is 0 Å². The molecule has 8 aromatic rings. The number of allylic oxidation sites excluding steroid dienone is 1. The van der Waals surface area contributed by atoms with Crippen molar-refractivity contribution < 1.29 is 0 Å². The smallest absolute Gasteiger partial charge is 0.238 e. The van der Waals surface area contributed by atoms with Gasteiger partial charge >= 0.3 is 0 Å². The maximum absolute atomic E-state index is 9.79. The van der Waals surface area contributed by atoms with Crippen LogP contribution >= 0.6 is 0 Å². The largest absolute Gasteiger partial charge is 0.281 e. The molecule has 53 heavy (non-hydrogen) atoms. The predicted octanol–water partition coefficient (Wildman–Crippen LogP) is 7.92. The van der Waals surface area contributed by atoms with Gasteiger partial charge in [0.25, 0.3) is 0 Å². The van der Waals surface area contributed by atoms with Gasteiger partial charge in [0, 0.05) is 33.7 Å². The zero-order valence-electron chi connectivity index (χ0n) is 29.3. The number of hydrogen-bond acceptors (Lipinski definition) is 4. The van der Waals surface area contributed by atoms with Gasteiger partial charge in [-0.05, 0) is 45.4 Å². The van der Waals surface area contributed by atoms with Crippen LogP contribution < -0.4 is 20.7 Å². The first-order valence-corrected chi connectivity index (χ1v) is 20.0. The Bertz CT molecular complexity index is 2570. The van der Waals surface area contributed by atoms with Crippen LogP contribution in [0.15, 0.2) is 170 Å². The molecule has 6 aromatic carbocycles. The highest BCUT2D eigenvalue weighted by Gasteiger charge is 2.41. The van der Waals surface area contributed by atoms with E-state index in [9.17, 15) is 5.26 Å². The van der Waals surface area contributed by atoms with Crippen molar-refractivity contribution >= 4 is 45.8 Å². The molecule has 1 aliphatic carbocycles. The Morgan fingerprint density at radius 2 is 1.15 bits per heavy atom. The number of rotatable bonds is 7. The first kappa shape index (κ1) is 32.2. The van der Waals surface area contributed by atoms with Crippen molar-refractivity contribution in [3.63, 3.8) is 0 Å². The third-order valence-corrected chi connectivity index (χ3v) is 15.2. The van der Waals surface area contributed by atoms with Crippen molar-refractivity contribution in [2.75, 3.05) is 0 Å². The zero-order chi connectivity index (χ0) is 35.8. The summed E-state index contributed by atoms with van der Waals surface area (Å²) in [6, 6.07) is 60.0. The second kappa shape index (κ2) is 13.5. The predicted molar refractivity (Wildman–Crippen MR) is 218 cm³/mol. The fraction of sp³-hybridized carbons (Fsp3) is 0.0638. The lowest BCUT2D eigenvalue weighted by molar-refractivity contribution is 0.711. The summed E-state index contributed by atoms with van der Waals surface area (Å²) >= 11 is 0. The highest BCUT2D eigenvalue weighted by Crippen LogP contribution is 2.39. The highest BCUT2D eigenvalue weighted by atomic mass is 28.3. The lowest BCUT2D eigenvalue weighted by atomic mass is 9.93.